The molecule has 0 aliphatic carbocycles. The van der Waals surface area contributed by atoms with Crippen LogP contribution in [0.3, 0.4) is 0 Å². The van der Waals surface area contributed by atoms with Crippen LogP contribution in [0.15, 0.2) is 48.5 Å². The molecule has 1 atom stereocenters. The van der Waals surface area contributed by atoms with Crippen LogP contribution in [0.5, 0.6) is 0 Å². The van der Waals surface area contributed by atoms with Crippen molar-refractivity contribution in [3.05, 3.63) is 70.3 Å². The lowest BCUT2D eigenvalue weighted by molar-refractivity contribution is -0.132. The van der Waals surface area contributed by atoms with Gasteiger partial charge in [-0.25, -0.2) is 0 Å². The summed E-state index contributed by atoms with van der Waals surface area (Å²) in [6.07, 6.45) is 5.24. The number of nitrogens with zero attached hydrogens (tertiary/aromatic N) is 1. The van der Waals surface area contributed by atoms with Crippen molar-refractivity contribution in [1.29, 1.82) is 0 Å². The first-order valence-electron chi connectivity index (χ1n) is 11.1. The van der Waals surface area contributed by atoms with Crippen molar-refractivity contribution in [1.82, 2.24) is 5.32 Å². The largest absolute Gasteiger partial charge is 0.355 e. The molecule has 0 radical (unpaired) electrons. The van der Waals surface area contributed by atoms with Crippen molar-refractivity contribution in [2.24, 2.45) is 5.92 Å². The van der Waals surface area contributed by atoms with E-state index in [4.69, 9.17) is 11.6 Å². The van der Waals surface area contributed by atoms with E-state index in [9.17, 15) is 9.59 Å². The minimum atomic E-state index is -0.614. The molecule has 1 saturated heterocycles. The molecular formula is C26H31ClN2O2. The molecule has 1 heterocycles. The number of hydrogen-bond donors (Lipinski definition) is 1. The highest BCUT2D eigenvalue weighted by molar-refractivity contribution is 6.30. The second-order valence-corrected chi connectivity index (χ2v) is 8.43. The van der Waals surface area contributed by atoms with E-state index in [2.05, 4.69) is 38.2 Å². The third kappa shape index (κ3) is 5.56. The van der Waals surface area contributed by atoms with Gasteiger partial charge in [-0.2, -0.15) is 0 Å². The molecule has 0 saturated carbocycles. The number of carbonyl (C=O) groups is 2. The van der Waals surface area contributed by atoms with Gasteiger partial charge < -0.3 is 10.2 Å². The molecule has 2 aromatic carbocycles. The standard InChI is InChI=1S/C26H31ClN2O2/c1-4-7-20(24-17-21(27)11-10-18(24)3)12-14-28-25(30)23-13-15-29(26(23)31)22-9-6-8-19(5-2)16-22/h6-11,16-17,23H,4-5,12-15H2,1-3H3,(H,28,30). The minimum absolute atomic E-state index is 0.110. The Morgan fingerprint density at radius 3 is 2.77 bits per heavy atom. The van der Waals surface area contributed by atoms with Gasteiger partial charge >= 0.3 is 0 Å². The SMILES string of the molecule is CCC=C(CCNC(=O)C1CCN(c2cccc(CC)c2)C1=O)c1cc(Cl)ccc1C. The van der Waals surface area contributed by atoms with Gasteiger partial charge in [-0.3, -0.25) is 9.59 Å². The molecule has 3 rings (SSSR count). The summed E-state index contributed by atoms with van der Waals surface area (Å²) in [4.78, 5) is 27.4. The highest BCUT2D eigenvalue weighted by Crippen LogP contribution is 2.27. The number of aryl methyl sites for hydroxylation is 2. The molecule has 2 aromatic rings. The van der Waals surface area contributed by atoms with E-state index in [-0.39, 0.29) is 11.8 Å². The van der Waals surface area contributed by atoms with E-state index in [1.165, 1.54) is 11.1 Å². The van der Waals surface area contributed by atoms with Gasteiger partial charge in [-0.15, -0.1) is 0 Å². The van der Waals surface area contributed by atoms with Crippen molar-refractivity contribution in [3.63, 3.8) is 0 Å². The van der Waals surface area contributed by atoms with Crippen LogP contribution in [-0.2, 0) is 16.0 Å². The van der Waals surface area contributed by atoms with Crippen LogP contribution < -0.4 is 10.2 Å². The van der Waals surface area contributed by atoms with E-state index in [0.29, 0.717) is 31.0 Å². The lowest BCUT2D eigenvalue weighted by Gasteiger charge is -2.18. The maximum absolute atomic E-state index is 12.9. The first-order valence-corrected chi connectivity index (χ1v) is 11.5. The zero-order valence-corrected chi connectivity index (χ0v) is 19.3. The van der Waals surface area contributed by atoms with Gasteiger partial charge in [0.05, 0.1) is 0 Å². The molecule has 1 N–H and O–H groups in total. The smallest absolute Gasteiger partial charge is 0.239 e. The number of halogens is 1. The Hall–Kier alpha value is -2.59. The summed E-state index contributed by atoms with van der Waals surface area (Å²) < 4.78 is 0. The van der Waals surface area contributed by atoms with E-state index in [0.717, 1.165) is 29.7 Å². The Balaban J connectivity index is 1.60. The normalized spacial score (nSPS) is 16.6. The summed E-state index contributed by atoms with van der Waals surface area (Å²) in [6, 6.07) is 13.9. The van der Waals surface area contributed by atoms with Crippen LogP contribution in [-0.4, -0.2) is 24.9 Å². The fourth-order valence-corrected chi connectivity index (χ4v) is 4.27. The Bertz CT molecular complexity index is 983. The van der Waals surface area contributed by atoms with Gasteiger partial charge in [0.15, 0.2) is 0 Å². The van der Waals surface area contributed by atoms with Crippen LogP contribution in [0.4, 0.5) is 5.69 Å². The van der Waals surface area contributed by atoms with Crippen LogP contribution in [0.25, 0.3) is 5.57 Å². The molecule has 164 valence electrons. The third-order valence-electron chi connectivity index (χ3n) is 5.84. The van der Waals surface area contributed by atoms with E-state index < -0.39 is 5.92 Å². The second kappa shape index (κ2) is 10.6. The van der Waals surface area contributed by atoms with Gasteiger partial charge in [0.1, 0.15) is 5.92 Å². The summed E-state index contributed by atoms with van der Waals surface area (Å²) >= 11 is 6.19. The molecule has 0 bridgehead atoms. The number of allylic oxidation sites excluding steroid dienone is 1. The predicted octanol–water partition coefficient (Wildman–Crippen LogP) is 5.56. The van der Waals surface area contributed by atoms with Gasteiger partial charge in [0, 0.05) is 23.8 Å². The van der Waals surface area contributed by atoms with Crippen molar-refractivity contribution in [3.8, 4) is 0 Å². The van der Waals surface area contributed by atoms with Gasteiger partial charge in [-0.05, 0) is 79.1 Å². The van der Waals surface area contributed by atoms with Crippen LogP contribution >= 0.6 is 11.6 Å². The zero-order chi connectivity index (χ0) is 22.4. The van der Waals surface area contributed by atoms with E-state index >= 15 is 0 Å². The summed E-state index contributed by atoms with van der Waals surface area (Å²) in [5, 5.41) is 3.69. The topological polar surface area (TPSA) is 49.4 Å². The van der Waals surface area contributed by atoms with Crippen LogP contribution in [0.1, 0.15) is 49.8 Å². The quantitative estimate of drug-likeness (QED) is 0.548. The predicted molar refractivity (Wildman–Crippen MR) is 128 cm³/mol. The first kappa shape index (κ1) is 23.1. The summed E-state index contributed by atoms with van der Waals surface area (Å²) in [5.74, 6) is -0.907. The van der Waals surface area contributed by atoms with Gasteiger partial charge in [0.25, 0.3) is 0 Å². The highest BCUT2D eigenvalue weighted by Gasteiger charge is 2.37. The van der Waals surface area contributed by atoms with Crippen molar-refractivity contribution < 1.29 is 9.59 Å². The fourth-order valence-electron chi connectivity index (χ4n) is 4.10. The number of hydrogen-bond acceptors (Lipinski definition) is 2. The maximum atomic E-state index is 12.9. The number of carbonyl (C=O) groups excluding carboxylic acids is 2. The monoisotopic (exact) mass is 438 g/mol. The molecule has 1 unspecified atom stereocenters. The highest BCUT2D eigenvalue weighted by atomic mass is 35.5. The Morgan fingerprint density at radius 1 is 1.23 bits per heavy atom. The number of benzene rings is 2. The number of anilines is 1. The van der Waals surface area contributed by atoms with Crippen LogP contribution in [0.2, 0.25) is 5.02 Å². The van der Waals surface area contributed by atoms with Crippen LogP contribution in [0, 0.1) is 12.8 Å². The van der Waals surface area contributed by atoms with Gasteiger partial charge in [0.2, 0.25) is 11.8 Å². The van der Waals surface area contributed by atoms with Gasteiger partial charge in [-0.1, -0.05) is 49.7 Å². The number of amides is 2. The first-order chi connectivity index (χ1) is 14.9. The average molecular weight is 439 g/mol. The zero-order valence-electron chi connectivity index (χ0n) is 18.6. The molecule has 4 nitrogen and oxygen atoms in total. The molecule has 0 aromatic heterocycles. The average Bonchev–Trinajstić information content (AvgIpc) is 3.16. The number of rotatable bonds is 8. The fraction of sp³-hybridized carbons (Fsp3) is 0.385. The molecule has 0 spiro atoms. The molecule has 1 aliphatic rings. The van der Waals surface area contributed by atoms with Crippen molar-refractivity contribution >= 4 is 34.7 Å². The molecule has 1 aliphatic heterocycles. The summed E-state index contributed by atoms with van der Waals surface area (Å²) in [5.41, 5.74) is 5.50. The second-order valence-electron chi connectivity index (χ2n) is 7.99. The maximum Gasteiger partial charge on any atom is 0.239 e. The molecule has 31 heavy (non-hydrogen) atoms. The molecule has 2 amide bonds. The van der Waals surface area contributed by atoms with Crippen molar-refractivity contribution in [2.75, 3.05) is 18.0 Å². The Kier molecular flexibility index (Phi) is 7.91. The minimum Gasteiger partial charge on any atom is -0.355 e. The molecular weight excluding hydrogens is 408 g/mol. The Labute approximate surface area is 190 Å². The Morgan fingerprint density at radius 2 is 2.03 bits per heavy atom. The lowest BCUT2D eigenvalue weighted by Crippen LogP contribution is -2.37. The molecule has 1 fully saturated rings. The lowest BCUT2D eigenvalue weighted by atomic mass is 9.97. The number of nitrogens with one attached hydrogen (secondary N) is 1. The van der Waals surface area contributed by atoms with E-state index in [1.54, 1.807) is 4.90 Å². The summed E-state index contributed by atoms with van der Waals surface area (Å²) in [6.45, 7) is 7.32. The van der Waals surface area contributed by atoms with Crippen molar-refractivity contribution in [2.45, 2.75) is 46.5 Å². The summed E-state index contributed by atoms with van der Waals surface area (Å²) in [7, 11) is 0. The molecule has 5 heteroatoms. The van der Waals surface area contributed by atoms with E-state index in [1.807, 2.05) is 36.4 Å². The third-order valence-corrected chi connectivity index (χ3v) is 6.08.